The van der Waals surface area contributed by atoms with Gasteiger partial charge in [-0.25, -0.2) is 0 Å². The fourth-order valence-corrected chi connectivity index (χ4v) is 0.104. The Kier molecular flexibility index (Phi) is 5.12. The van der Waals surface area contributed by atoms with Gasteiger partial charge in [0, 0.05) is 0 Å². The molecule has 0 fully saturated rings. The third-order valence-electron chi connectivity index (χ3n) is 0.617. The van der Waals surface area contributed by atoms with Crippen LogP contribution in [0.25, 0.3) is 0 Å². The van der Waals surface area contributed by atoms with Crippen LogP contribution in [0.2, 0.25) is 0 Å². The van der Waals surface area contributed by atoms with Crippen LogP contribution in [0.1, 0.15) is 1.43 Å². The summed E-state index contributed by atoms with van der Waals surface area (Å²) >= 11 is 0. The Morgan fingerprint density at radius 2 is 1.89 bits per heavy atom. The van der Waals surface area contributed by atoms with Crippen LogP contribution in [0.3, 0.4) is 0 Å². The number of alkyl halides is 3. The first-order chi connectivity index (χ1) is 3.48. The maximum atomic E-state index is 11.2. The average Bonchev–Trinajstić information content (AvgIpc) is 1.62. The molecular weight excluding hydrogens is 158 g/mol. The van der Waals surface area contributed by atoms with Gasteiger partial charge in [-0.2, -0.15) is 13.2 Å². The molecule has 0 aliphatic carbocycles. The molecular formula is C3H7ClF3NO. The second-order valence-electron chi connectivity index (χ2n) is 1.33. The highest BCUT2D eigenvalue weighted by atomic mass is 35.5. The zero-order valence-corrected chi connectivity index (χ0v) is 5.08. The van der Waals surface area contributed by atoms with Crippen LogP contribution in [-0.2, 0) is 0 Å². The van der Waals surface area contributed by atoms with Crippen LogP contribution in [0.15, 0.2) is 0 Å². The maximum Gasteiger partial charge on any atom is 1.00 e. The molecule has 0 aromatic heterocycles. The van der Waals surface area contributed by atoms with Gasteiger partial charge in [0.05, 0.1) is 6.61 Å². The summed E-state index contributed by atoms with van der Waals surface area (Å²) in [4.78, 5) is 0. The van der Waals surface area contributed by atoms with Crippen molar-refractivity contribution >= 4 is 0 Å². The standard InChI is InChI=1S/C3H6F3NO.ClH/c4-3(5,6)2(7)1-8;/h2,8H,1,7H2;1H/t2-;/m1./s1. The molecule has 58 valence electrons. The van der Waals surface area contributed by atoms with Gasteiger partial charge in [0.15, 0.2) is 0 Å². The molecule has 0 aliphatic heterocycles. The number of aliphatic hydroxyl groups is 1. The van der Waals surface area contributed by atoms with Gasteiger partial charge in [0.2, 0.25) is 0 Å². The maximum absolute atomic E-state index is 11.2. The molecule has 2 nitrogen and oxygen atoms in total. The van der Waals surface area contributed by atoms with Crippen LogP contribution in [0.5, 0.6) is 0 Å². The number of halogens is 4. The summed E-state index contributed by atoms with van der Waals surface area (Å²) in [6.45, 7) is -1.05. The van der Waals surface area contributed by atoms with Gasteiger partial charge < -0.3 is 23.2 Å². The fraction of sp³-hybridized carbons (Fsp3) is 1.00. The molecule has 0 aliphatic rings. The van der Waals surface area contributed by atoms with Crippen LogP contribution >= 0.6 is 0 Å². The van der Waals surface area contributed by atoms with Crippen molar-refractivity contribution in [1.82, 2.24) is 0 Å². The van der Waals surface area contributed by atoms with Gasteiger partial charge in [0.25, 0.3) is 0 Å². The quantitative estimate of drug-likeness (QED) is 0.435. The topological polar surface area (TPSA) is 46.2 Å². The minimum atomic E-state index is -4.46. The highest BCUT2D eigenvalue weighted by Gasteiger charge is 2.35. The molecule has 0 saturated heterocycles. The molecule has 0 aromatic carbocycles. The van der Waals surface area contributed by atoms with E-state index in [1.165, 1.54) is 0 Å². The Hall–Kier alpha value is -0.0000000000000000555. The Morgan fingerprint density at radius 1 is 1.56 bits per heavy atom. The summed E-state index contributed by atoms with van der Waals surface area (Å²) in [5.74, 6) is 0. The summed E-state index contributed by atoms with van der Waals surface area (Å²) in [6, 6.07) is -2.09. The molecule has 0 spiro atoms. The molecule has 0 saturated carbocycles. The van der Waals surface area contributed by atoms with Crippen molar-refractivity contribution in [1.29, 1.82) is 0 Å². The molecule has 0 heterocycles. The number of aliphatic hydroxyl groups excluding tert-OH is 1. The molecule has 0 unspecified atom stereocenters. The second-order valence-corrected chi connectivity index (χ2v) is 1.33. The van der Waals surface area contributed by atoms with Gasteiger partial charge in [-0.05, 0) is 0 Å². The van der Waals surface area contributed by atoms with Crippen LogP contribution < -0.4 is 18.1 Å². The van der Waals surface area contributed by atoms with Crippen LogP contribution in [0, 0.1) is 0 Å². The van der Waals surface area contributed by atoms with E-state index in [0.29, 0.717) is 0 Å². The van der Waals surface area contributed by atoms with Crippen LogP contribution in [0.4, 0.5) is 13.2 Å². The lowest BCUT2D eigenvalue weighted by atomic mass is 10.3. The minimum absolute atomic E-state index is 0. The molecule has 1 atom stereocenters. The van der Waals surface area contributed by atoms with Gasteiger partial charge in [-0.1, -0.05) is 0 Å². The predicted octanol–water partition coefficient (Wildman–Crippen LogP) is -3.02. The minimum Gasteiger partial charge on any atom is -1.00 e. The molecule has 0 rings (SSSR count). The predicted molar refractivity (Wildman–Crippen MR) is 22.2 cm³/mol. The van der Waals surface area contributed by atoms with Gasteiger partial charge in [-0.3, -0.25) is 0 Å². The van der Waals surface area contributed by atoms with E-state index in [1.807, 2.05) is 0 Å². The molecule has 9 heavy (non-hydrogen) atoms. The Morgan fingerprint density at radius 3 is 1.89 bits per heavy atom. The third kappa shape index (κ3) is 4.50. The summed E-state index contributed by atoms with van der Waals surface area (Å²) < 4.78 is 33.5. The van der Waals surface area contributed by atoms with Crippen LogP contribution in [-0.4, -0.2) is 23.9 Å². The summed E-state index contributed by atoms with van der Waals surface area (Å²) in [5.41, 5.74) is 4.38. The van der Waals surface area contributed by atoms with E-state index in [2.05, 4.69) is 5.73 Å². The molecule has 3 N–H and O–H groups in total. The smallest absolute Gasteiger partial charge is 1.00 e. The van der Waals surface area contributed by atoms with E-state index in [-0.39, 0.29) is 13.8 Å². The fourth-order valence-electron chi connectivity index (χ4n) is 0.104. The summed E-state index contributed by atoms with van der Waals surface area (Å²) in [5, 5.41) is 7.83. The lowest BCUT2D eigenvalue weighted by Gasteiger charge is -2.10. The van der Waals surface area contributed by atoms with Crippen molar-refractivity contribution in [2.75, 3.05) is 6.61 Å². The van der Waals surface area contributed by atoms with Crippen molar-refractivity contribution in [2.45, 2.75) is 12.2 Å². The third-order valence-corrected chi connectivity index (χ3v) is 0.617. The Balaban J connectivity index is -0.000000245. The first-order valence-corrected chi connectivity index (χ1v) is 1.91. The zero-order valence-electron chi connectivity index (χ0n) is 5.32. The van der Waals surface area contributed by atoms with Crippen molar-refractivity contribution in [3.8, 4) is 0 Å². The lowest BCUT2D eigenvalue weighted by molar-refractivity contribution is -0.154. The number of hydrogen-bond acceptors (Lipinski definition) is 2. The van der Waals surface area contributed by atoms with E-state index < -0.39 is 18.8 Å². The van der Waals surface area contributed by atoms with E-state index in [1.54, 1.807) is 0 Å². The normalized spacial score (nSPS) is 14.3. The molecule has 6 heteroatoms. The highest BCUT2D eigenvalue weighted by Crippen LogP contribution is 2.17. The van der Waals surface area contributed by atoms with Gasteiger partial charge in [-0.15, -0.1) is 0 Å². The highest BCUT2D eigenvalue weighted by molar-refractivity contribution is 4.67. The van der Waals surface area contributed by atoms with E-state index >= 15 is 0 Å². The monoisotopic (exact) mass is 165 g/mol. The number of nitrogens with two attached hydrogens (primary N) is 1. The molecule has 0 amide bonds. The average molecular weight is 166 g/mol. The molecule has 0 aromatic rings. The summed E-state index contributed by atoms with van der Waals surface area (Å²) in [7, 11) is 0. The second kappa shape index (κ2) is 3.92. The van der Waals surface area contributed by atoms with Crippen molar-refractivity contribution < 1.29 is 32.1 Å². The van der Waals surface area contributed by atoms with Crippen molar-refractivity contribution in [3.63, 3.8) is 0 Å². The summed E-state index contributed by atoms with van der Waals surface area (Å²) in [6.07, 6.45) is -4.46. The Labute approximate surface area is 57.7 Å². The zero-order chi connectivity index (χ0) is 6.78. The first-order valence-electron chi connectivity index (χ1n) is 1.91. The van der Waals surface area contributed by atoms with Crippen molar-refractivity contribution in [2.24, 2.45) is 5.73 Å². The SMILES string of the molecule is N[C@H](CO)C(F)(F)F.[Cl-].[H+]. The van der Waals surface area contributed by atoms with E-state index in [4.69, 9.17) is 5.11 Å². The molecule has 0 radical (unpaired) electrons. The number of rotatable bonds is 1. The van der Waals surface area contributed by atoms with E-state index in [9.17, 15) is 13.2 Å². The number of hydrogen-bond donors (Lipinski definition) is 2. The van der Waals surface area contributed by atoms with Crippen molar-refractivity contribution in [3.05, 3.63) is 0 Å². The van der Waals surface area contributed by atoms with E-state index in [0.717, 1.165) is 0 Å². The van der Waals surface area contributed by atoms with Gasteiger partial charge >= 0.3 is 7.60 Å². The first kappa shape index (κ1) is 11.8. The lowest BCUT2D eigenvalue weighted by Crippen LogP contribution is -3.00. The largest absolute Gasteiger partial charge is 1.00 e. The van der Waals surface area contributed by atoms with Gasteiger partial charge in [0.1, 0.15) is 6.04 Å². The Bertz CT molecular complexity index is 80.6. The molecule has 0 bridgehead atoms.